The first-order valence-electron chi connectivity index (χ1n) is 8.24. The fourth-order valence-electron chi connectivity index (χ4n) is 3.12. The largest absolute Gasteiger partial charge is 0.365 e. The van der Waals surface area contributed by atoms with Crippen LogP contribution in [0.3, 0.4) is 0 Å². The first-order chi connectivity index (χ1) is 11.9. The minimum absolute atomic E-state index is 0.105. The van der Waals surface area contributed by atoms with Gasteiger partial charge in [0.15, 0.2) is 0 Å². The molecule has 0 atom stereocenters. The number of hydrogen-bond acceptors (Lipinski definition) is 4. The number of nitrogens with zero attached hydrogens (tertiary/aromatic N) is 3. The van der Waals surface area contributed by atoms with Crippen LogP contribution in [0.15, 0.2) is 41.3 Å². The Labute approximate surface area is 151 Å². The summed E-state index contributed by atoms with van der Waals surface area (Å²) in [4.78, 5) is 28.5. The molecule has 0 radical (unpaired) electrons. The third-order valence-corrected chi connectivity index (χ3v) is 5.08. The predicted molar refractivity (Wildman–Crippen MR) is 98.1 cm³/mol. The van der Waals surface area contributed by atoms with Gasteiger partial charge in [-0.2, -0.15) is 5.10 Å². The van der Waals surface area contributed by atoms with Gasteiger partial charge in [0.25, 0.3) is 5.56 Å². The standard InChI is InChI=1S/C18H21ClN4O2/c1-18(2,13-6-4-3-5-7-13)17(25)23-10-8-22(9-11-23)14-12-20-21-16(24)15(14)19/h3-7,12H,8-11H2,1-2H3,(H,21,24). The van der Waals surface area contributed by atoms with Crippen LogP contribution in [0.1, 0.15) is 19.4 Å². The molecule has 132 valence electrons. The lowest BCUT2D eigenvalue weighted by molar-refractivity contribution is -0.136. The van der Waals surface area contributed by atoms with Gasteiger partial charge in [0.1, 0.15) is 5.02 Å². The van der Waals surface area contributed by atoms with E-state index in [-0.39, 0.29) is 10.9 Å². The summed E-state index contributed by atoms with van der Waals surface area (Å²) in [6.45, 7) is 6.29. The number of piperazine rings is 1. The number of benzene rings is 1. The summed E-state index contributed by atoms with van der Waals surface area (Å²) in [6.07, 6.45) is 1.55. The molecule has 0 saturated carbocycles. The van der Waals surface area contributed by atoms with Crippen molar-refractivity contribution in [2.75, 3.05) is 31.1 Å². The zero-order chi connectivity index (χ0) is 18.0. The fraction of sp³-hybridized carbons (Fsp3) is 0.389. The highest BCUT2D eigenvalue weighted by Crippen LogP contribution is 2.27. The van der Waals surface area contributed by atoms with E-state index in [1.54, 1.807) is 6.20 Å². The molecule has 3 rings (SSSR count). The van der Waals surface area contributed by atoms with Crippen molar-refractivity contribution in [3.63, 3.8) is 0 Å². The Kier molecular flexibility index (Phi) is 4.81. The van der Waals surface area contributed by atoms with Crippen molar-refractivity contribution < 1.29 is 4.79 Å². The summed E-state index contributed by atoms with van der Waals surface area (Å²) in [6, 6.07) is 9.81. The molecule has 7 heteroatoms. The van der Waals surface area contributed by atoms with Gasteiger partial charge in [-0.25, -0.2) is 5.10 Å². The Morgan fingerprint density at radius 3 is 2.44 bits per heavy atom. The van der Waals surface area contributed by atoms with Gasteiger partial charge in [0.05, 0.1) is 17.3 Å². The molecule has 0 aliphatic carbocycles. The molecule has 1 aliphatic rings. The number of nitrogens with one attached hydrogen (secondary N) is 1. The molecule has 1 saturated heterocycles. The number of hydrogen-bond donors (Lipinski definition) is 1. The molecular weight excluding hydrogens is 340 g/mol. The molecule has 0 unspecified atom stereocenters. The van der Waals surface area contributed by atoms with Crippen molar-refractivity contribution in [1.82, 2.24) is 15.1 Å². The number of rotatable bonds is 3. The zero-order valence-corrected chi connectivity index (χ0v) is 15.1. The highest BCUT2D eigenvalue weighted by molar-refractivity contribution is 6.33. The summed E-state index contributed by atoms with van der Waals surface area (Å²) in [5.41, 5.74) is 0.638. The molecule has 0 spiro atoms. The highest BCUT2D eigenvalue weighted by atomic mass is 35.5. The second-order valence-electron chi connectivity index (χ2n) is 6.67. The second kappa shape index (κ2) is 6.88. The summed E-state index contributed by atoms with van der Waals surface area (Å²) in [7, 11) is 0. The minimum atomic E-state index is -0.577. The fourth-order valence-corrected chi connectivity index (χ4v) is 3.33. The highest BCUT2D eigenvalue weighted by Gasteiger charge is 2.35. The van der Waals surface area contributed by atoms with Crippen molar-refractivity contribution in [1.29, 1.82) is 0 Å². The summed E-state index contributed by atoms with van der Waals surface area (Å²) in [5, 5.41) is 6.26. The number of H-pyrrole nitrogens is 1. The van der Waals surface area contributed by atoms with Crippen LogP contribution < -0.4 is 10.5 Å². The molecule has 1 amide bonds. The van der Waals surface area contributed by atoms with Crippen LogP contribution in [0, 0.1) is 0 Å². The topological polar surface area (TPSA) is 69.3 Å². The van der Waals surface area contributed by atoms with Gasteiger partial charge in [-0.1, -0.05) is 41.9 Å². The molecule has 25 heavy (non-hydrogen) atoms. The number of anilines is 1. The lowest BCUT2D eigenvalue weighted by Gasteiger charge is -2.39. The number of aromatic amines is 1. The van der Waals surface area contributed by atoms with Gasteiger partial charge in [-0.3, -0.25) is 9.59 Å². The molecule has 2 heterocycles. The minimum Gasteiger partial charge on any atom is -0.365 e. The average molecular weight is 361 g/mol. The zero-order valence-electron chi connectivity index (χ0n) is 14.3. The molecule has 0 bridgehead atoms. The quantitative estimate of drug-likeness (QED) is 0.909. The van der Waals surface area contributed by atoms with E-state index in [1.165, 1.54) is 0 Å². The SMILES string of the molecule is CC(C)(C(=O)N1CCN(c2cn[nH]c(=O)c2Cl)CC1)c1ccccc1. The van der Waals surface area contributed by atoms with E-state index < -0.39 is 11.0 Å². The van der Waals surface area contributed by atoms with E-state index in [2.05, 4.69) is 10.2 Å². The lowest BCUT2D eigenvalue weighted by Crippen LogP contribution is -2.53. The van der Waals surface area contributed by atoms with E-state index in [4.69, 9.17) is 11.6 Å². The van der Waals surface area contributed by atoms with Crippen molar-refractivity contribution in [2.45, 2.75) is 19.3 Å². The van der Waals surface area contributed by atoms with Gasteiger partial charge < -0.3 is 9.80 Å². The van der Waals surface area contributed by atoms with Crippen molar-refractivity contribution >= 4 is 23.2 Å². The van der Waals surface area contributed by atoms with Crippen LogP contribution >= 0.6 is 11.6 Å². The van der Waals surface area contributed by atoms with Crippen molar-refractivity contribution in [2.24, 2.45) is 0 Å². The first-order valence-corrected chi connectivity index (χ1v) is 8.62. The maximum Gasteiger partial charge on any atom is 0.285 e. The molecular formula is C18H21ClN4O2. The van der Waals surface area contributed by atoms with Crippen LogP contribution in [0.4, 0.5) is 5.69 Å². The Morgan fingerprint density at radius 1 is 1.16 bits per heavy atom. The van der Waals surface area contributed by atoms with Crippen LogP contribution in [0.25, 0.3) is 0 Å². The number of halogens is 1. The third-order valence-electron chi connectivity index (χ3n) is 4.71. The predicted octanol–water partition coefficient (Wildman–Crippen LogP) is 2.05. The van der Waals surface area contributed by atoms with E-state index in [0.29, 0.717) is 31.9 Å². The van der Waals surface area contributed by atoms with Gasteiger partial charge in [-0.05, 0) is 19.4 Å². The molecule has 1 fully saturated rings. The molecule has 1 aliphatic heterocycles. The van der Waals surface area contributed by atoms with Crippen LogP contribution in [0.5, 0.6) is 0 Å². The molecule has 6 nitrogen and oxygen atoms in total. The number of amides is 1. The average Bonchev–Trinajstić information content (AvgIpc) is 2.64. The monoisotopic (exact) mass is 360 g/mol. The van der Waals surface area contributed by atoms with Crippen LogP contribution in [-0.4, -0.2) is 47.2 Å². The first kappa shape index (κ1) is 17.5. The normalized spacial score (nSPS) is 15.3. The Morgan fingerprint density at radius 2 is 1.80 bits per heavy atom. The van der Waals surface area contributed by atoms with E-state index in [9.17, 15) is 9.59 Å². The van der Waals surface area contributed by atoms with E-state index in [0.717, 1.165) is 5.56 Å². The van der Waals surface area contributed by atoms with E-state index >= 15 is 0 Å². The number of carbonyl (C=O) groups is 1. The second-order valence-corrected chi connectivity index (χ2v) is 7.05. The lowest BCUT2D eigenvalue weighted by atomic mass is 9.83. The van der Waals surface area contributed by atoms with Crippen LogP contribution in [0.2, 0.25) is 5.02 Å². The van der Waals surface area contributed by atoms with Gasteiger partial charge in [0.2, 0.25) is 5.91 Å². The third kappa shape index (κ3) is 3.39. The Bertz CT molecular complexity index is 811. The van der Waals surface area contributed by atoms with Gasteiger partial charge in [-0.15, -0.1) is 0 Å². The van der Waals surface area contributed by atoms with Crippen molar-refractivity contribution in [3.8, 4) is 0 Å². The Hall–Kier alpha value is -2.34. The van der Waals surface area contributed by atoms with E-state index in [1.807, 2.05) is 54.0 Å². The van der Waals surface area contributed by atoms with Gasteiger partial charge in [0, 0.05) is 26.2 Å². The number of carbonyl (C=O) groups excluding carboxylic acids is 1. The Balaban J connectivity index is 1.71. The summed E-state index contributed by atoms with van der Waals surface area (Å²) < 4.78 is 0. The summed E-state index contributed by atoms with van der Waals surface area (Å²) >= 11 is 6.07. The molecule has 1 N–H and O–H groups in total. The van der Waals surface area contributed by atoms with Gasteiger partial charge >= 0.3 is 0 Å². The van der Waals surface area contributed by atoms with Crippen LogP contribution in [-0.2, 0) is 10.2 Å². The maximum absolute atomic E-state index is 13.0. The van der Waals surface area contributed by atoms with Crippen molar-refractivity contribution in [3.05, 3.63) is 57.5 Å². The molecule has 1 aromatic carbocycles. The maximum atomic E-state index is 13.0. The molecule has 2 aromatic rings. The molecule has 1 aromatic heterocycles. The number of aromatic nitrogens is 2. The smallest absolute Gasteiger partial charge is 0.285 e. The summed E-state index contributed by atoms with van der Waals surface area (Å²) in [5.74, 6) is 0.105.